The zero-order valence-electron chi connectivity index (χ0n) is 23.7. The Bertz CT molecular complexity index is 1340. The van der Waals surface area contributed by atoms with Crippen molar-refractivity contribution in [1.29, 1.82) is 0 Å². The first-order valence-corrected chi connectivity index (χ1v) is 20.4. The van der Waals surface area contributed by atoms with Crippen LogP contribution >= 0.6 is 15.9 Å². The molecule has 0 bridgehead atoms. The molecule has 38 heavy (non-hydrogen) atoms. The minimum Gasteiger partial charge on any atom is -0.414 e. The summed E-state index contributed by atoms with van der Waals surface area (Å²) in [5.74, 6) is 0. The minimum absolute atomic E-state index is 0.0479. The molecule has 11 nitrogen and oxygen atoms in total. The molecule has 0 aliphatic carbocycles. The van der Waals surface area contributed by atoms with Crippen LogP contribution in [0.1, 0.15) is 47.8 Å². The highest BCUT2D eigenvalue weighted by Gasteiger charge is 2.67. The maximum Gasteiger partial charge on any atom is 0.330 e. The van der Waals surface area contributed by atoms with E-state index in [9.17, 15) is 18.0 Å². The van der Waals surface area contributed by atoms with E-state index in [-0.39, 0.29) is 26.9 Å². The van der Waals surface area contributed by atoms with E-state index in [0.29, 0.717) is 0 Å². The van der Waals surface area contributed by atoms with Gasteiger partial charge < -0.3 is 19.3 Å². The Morgan fingerprint density at radius 1 is 1.11 bits per heavy atom. The molecular formula is C23H40BrN3O8SSi2. The predicted molar refractivity (Wildman–Crippen MR) is 153 cm³/mol. The number of hydrogen-bond acceptors (Lipinski definition) is 9. The van der Waals surface area contributed by atoms with Crippen LogP contribution in [0.15, 0.2) is 31.4 Å². The average molecular weight is 655 g/mol. The summed E-state index contributed by atoms with van der Waals surface area (Å²) in [5.41, 5.74) is 3.18. The molecule has 4 atom stereocenters. The van der Waals surface area contributed by atoms with Crippen LogP contribution in [-0.2, 0) is 27.9 Å². The molecule has 0 amide bonds. The van der Waals surface area contributed by atoms with Crippen molar-refractivity contribution in [3.05, 3.63) is 42.6 Å². The van der Waals surface area contributed by atoms with Crippen molar-refractivity contribution in [2.75, 3.05) is 6.61 Å². The molecule has 3 rings (SSSR count). The van der Waals surface area contributed by atoms with Crippen molar-refractivity contribution in [2.45, 2.75) is 102 Å². The first-order valence-electron chi connectivity index (χ1n) is 12.4. The first-order chi connectivity index (χ1) is 17.0. The molecule has 1 aromatic heterocycles. The van der Waals surface area contributed by atoms with Crippen LogP contribution in [0.5, 0.6) is 0 Å². The van der Waals surface area contributed by atoms with Crippen molar-refractivity contribution >= 4 is 42.7 Å². The topological polar surface area (TPSA) is 152 Å². The third-order valence-corrected chi connectivity index (χ3v) is 18.8. The monoisotopic (exact) mass is 653 g/mol. The fraction of sp³-hybridized carbons (Fsp3) is 0.739. The summed E-state index contributed by atoms with van der Waals surface area (Å²) in [6, 6.07) is 0. The molecule has 2 aliphatic rings. The Hall–Kier alpha value is -1.08. The van der Waals surface area contributed by atoms with Crippen LogP contribution in [-0.4, -0.2) is 59.0 Å². The van der Waals surface area contributed by atoms with Gasteiger partial charge in [0.25, 0.3) is 15.7 Å². The summed E-state index contributed by atoms with van der Waals surface area (Å²) >= 11 is 3.17. The number of nitrogens with one attached hydrogen (secondary N) is 1. The number of hydrogen-bond donors (Lipinski definition) is 2. The highest BCUT2D eigenvalue weighted by atomic mass is 79.9. The molecule has 4 unspecified atom stereocenters. The normalized spacial score (nSPS) is 28.2. The predicted octanol–water partition coefficient (Wildman–Crippen LogP) is 3.51. The molecule has 1 aromatic rings. The van der Waals surface area contributed by atoms with Gasteiger partial charge in [-0.15, -0.1) is 0 Å². The Labute approximate surface area is 234 Å². The molecular weight excluding hydrogens is 614 g/mol. The third kappa shape index (κ3) is 5.57. The van der Waals surface area contributed by atoms with Crippen molar-refractivity contribution in [1.82, 2.24) is 9.55 Å². The molecule has 2 aliphatic heterocycles. The molecule has 1 saturated heterocycles. The molecule has 3 heterocycles. The quantitative estimate of drug-likeness (QED) is 0.347. The lowest BCUT2D eigenvalue weighted by Gasteiger charge is -2.43. The van der Waals surface area contributed by atoms with Crippen LogP contribution in [0.4, 0.5) is 0 Å². The Morgan fingerprint density at radius 2 is 1.66 bits per heavy atom. The lowest BCUT2D eigenvalue weighted by Crippen LogP contribution is -2.59. The van der Waals surface area contributed by atoms with Gasteiger partial charge in [-0.05, 0) is 52.2 Å². The van der Waals surface area contributed by atoms with Gasteiger partial charge in [-0.25, -0.2) is 8.98 Å². The van der Waals surface area contributed by atoms with Gasteiger partial charge in [0.05, 0.1) is 22.2 Å². The van der Waals surface area contributed by atoms with Gasteiger partial charge >= 0.3 is 5.69 Å². The fourth-order valence-corrected chi connectivity index (χ4v) is 7.69. The second kappa shape index (κ2) is 9.78. The smallest absolute Gasteiger partial charge is 0.330 e. The zero-order chi connectivity index (χ0) is 29.3. The molecule has 1 spiro atoms. The van der Waals surface area contributed by atoms with E-state index in [2.05, 4.69) is 54.8 Å². The van der Waals surface area contributed by atoms with E-state index in [1.807, 2.05) is 33.9 Å². The third-order valence-electron chi connectivity index (χ3n) is 8.27. The van der Waals surface area contributed by atoms with E-state index in [1.165, 1.54) is 10.8 Å². The number of aromatic amines is 1. The summed E-state index contributed by atoms with van der Waals surface area (Å²) in [6.45, 7) is 20.4. The lowest BCUT2D eigenvalue weighted by molar-refractivity contribution is -0.0563. The van der Waals surface area contributed by atoms with Crippen molar-refractivity contribution in [3.63, 3.8) is 0 Å². The van der Waals surface area contributed by atoms with Crippen molar-refractivity contribution in [3.8, 4) is 0 Å². The van der Waals surface area contributed by atoms with Crippen LogP contribution < -0.4 is 17.0 Å². The molecule has 0 radical (unpaired) electrons. The highest BCUT2D eigenvalue weighted by Crippen LogP contribution is 2.52. The van der Waals surface area contributed by atoms with Crippen LogP contribution in [0, 0.1) is 0 Å². The summed E-state index contributed by atoms with van der Waals surface area (Å²) < 4.78 is 52.2. The van der Waals surface area contributed by atoms with E-state index in [1.54, 1.807) is 0 Å². The second-order valence-electron chi connectivity index (χ2n) is 13.0. The number of ether oxygens (including phenoxy) is 1. The zero-order valence-corrected chi connectivity index (χ0v) is 28.1. The average Bonchev–Trinajstić information content (AvgIpc) is 3.14. The van der Waals surface area contributed by atoms with E-state index in [4.69, 9.17) is 23.5 Å². The number of nitrogens with zero attached hydrogens (tertiary/aromatic N) is 1. The molecule has 3 N–H and O–H groups in total. The summed E-state index contributed by atoms with van der Waals surface area (Å²) in [6.07, 6.45) is -2.08. The molecule has 0 saturated carbocycles. The fourth-order valence-electron chi connectivity index (χ4n) is 3.86. The van der Waals surface area contributed by atoms with E-state index >= 15 is 0 Å². The van der Waals surface area contributed by atoms with Gasteiger partial charge in [0.1, 0.15) is 12.2 Å². The Kier molecular flexibility index (Phi) is 8.10. The number of aromatic nitrogens is 2. The number of nitrogens with two attached hydrogens (primary N) is 1. The number of H-pyrrole nitrogens is 1. The summed E-state index contributed by atoms with van der Waals surface area (Å²) in [7, 11) is -9.16. The maximum atomic E-state index is 13.0. The van der Waals surface area contributed by atoms with E-state index in [0.717, 1.165) is 5.41 Å². The standard InChI is InChI=1S/C23H40BrN3O8SSi2/c1-21(2,3)37(7,8)32-12-16-23(15(25)13-36(30,31)35-23)17(34-38(9,10)22(4,5)6)19(33-16)27-11-14(24)18(28)26-20(27)29/h11,13,16-17,19H,12,25H2,1-10H3,(H,26,28,29). The highest BCUT2D eigenvalue weighted by molar-refractivity contribution is 9.10. The number of rotatable bonds is 6. The Balaban J connectivity index is 2.24. The summed E-state index contributed by atoms with van der Waals surface area (Å²) in [5, 5.41) is 0.437. The van der Waals surface area contributed by atoms with Gasteiger partial charge in [-0.2, -0.15) is 8.42 Å². The van der Waals surface area contributed by atoms with Gasteiger partial charge in [0.15, 0.2) is 28.5 Å². The van der Waals surface area contributed by atoms with Gasteiger partial charge in [0, 0.05) is 6.20 Å². The molecule has 216 valence electrons. The largest absolute Gasteiger partial charge is 0.414 e. The lowest BCUT2D eigenvalue weighted by atomic mass is 9.89. The molecule has 15 heteroatoms. The van der Waals surface area contributed by atoms with Gasteiger partial charge in [-0.1, -0.05) is 41.5 Å². The minimum atomic E-state index is -4.19. The van der Waals surface area contributed by atoms with Crippen LogP contribution in [0.25, 0.3) is 0 Å². The maximum absolute atomic E-state index is 13.0. The van der Waals surface area contributed by atoms with Crippen LogP contribution in [0.3, 0.4) is 0 Å². The summed E-state index contributed by atoms with van der Waals surface area (Å²) in [4.78, 5) is 27.3. The van der Waals surface area contributed by atoms with E-state index < -0.39 is 62.0 Å². The van der Waals surface area contributed by atoms with Crippen LogP contribution in [0.2, 0.25) is 36.3 Å². The van der Waals surface area contributed by atoms with Gasteiger partial charge in [0.2, 0.25) is 0 Å². The second-order valence-corrected chi connectivity index (χ2v) is 24.8. The molecule has 0 aromatic carbocycles. The van der Waals surface area contributed by atoms with Gasteiger partial charge in [-0.3, -0.25) is 14.3 Å². The van der Waals surface area contributed by atoms with Crippen molar-refractivity contribution in [2.24, 2.45) is 5.73 Å². The molecule has 1 fully saturated rings. The first kappa shape index (κ1) is 31.5. The van der Waals surface area contributed by atoms with Crippen molar-refractivity contribution < 1.29 is 26.2 Å². The SMILES string of the molecule is CC(C)(C)[Si](C)(C)OCC1OC(n2cc(Br)c(=O)[nH]c2=O)C(O[Si](C)(C)C(C)(C)C)C12OS(=O)(=O)C=C2N. The number of halogens is 1. The Morgan fingerprint density at radius 3 is 2.13 bits per heavy atom.